The fourth-order valence-corrected chi connectivity index (χ4v) is 2.68. The van der Waals surface area contributed by atoms with Gasteiger partial charge in [0.1, 0.15) is 0 Å². The van der Waals surface area contributed by atoms with Crippen LogP contribution in [-0.4, -0.2) is 30.4 Å². The number of carbonyl (C=O) groups excluding carboxylic acids is 1. The highest BCUT2D eigenvalue weighted by molar-refractivity contribution is 5.97. The van der Waals surface area contributed by atoms with Crippen LogP contribution in [0.3, 0.4) is 0 Å². The van der Waals surface area contributed by atoms with Crippen molar-refractivity contribution in [3.05, 3.63) is 34.9 Å². The van der Waals surface area contributed by atoms with Gasteiger partial charge in [0.05, 0.1) is 0 Å². The molecule has 1 amide bonds. The fourth-order valence-electron chi connectivity index (χ4n) is 2.68. The van der Waals surface area contributed by atoms with E-state index in [4.69, 9.17) is 5.73 Å². The fraction of sp³-hybridized carbons (Fsp3) is 0.533. The predicted octanol–water partition coefficient (Wildman–Crippen LogP) is 2.54. The number of nitrogens with zero attached hydrogens (tertiary/aromatic N) is 1. The van der Waals surface area contributed by atoms with Gasteiger partial charge in [0.2, 0.25) is 0 Å². The van der Waals surface area contributed by atoms with E-state index in [0.29, 0.717) is 5.92 Å². The Hall–Kier alpha value is -1.06. The molecule has 0 aliphatic carbocycles. The molecule has 3 nitrogen and oxygen atoms in total. The third-order valence-electron chi connectivity index (χ3n) is 3.93. The standard InChI is InChI=1S/C15H22N2O.ClH/c1-11-4-3-5-12(2)14(11)15(18)17-8-6-13(10-16)7-9-17;/h3-5,13H,6-10,16H2,1-2H3;1H. The summed E-state index contributed by atoms with van der Waals surface area (Å²) in [7, 11) is 0. The number of piperidine rings is 1. The molecule has 0 unspecified atom stereocenters. The highest BCUT2D eigenvalue weighted by Crippen LogP contribution is 2.21. The van der Waals surface area contributed by atoms with E-state index in [9.17, 15) is 4.79 Å². The number of likely N-dealkylation sites (tertiary alicyclic amines) is 1. The van der Waals surface area contributed by atoms with Gasteiger partial charge in [0.25, 0.3) is 5.91 Å². The van der Waals surface area contributed by atoms with Crippen molar-refractivity contribution in [2.45, 2.75) is 26.7 Å². The molecular weight excluding hydrogens is 260 g/mol. The molecule has 19 heavy (non-hydrogen) atoms. The lowest BCUT2D eigenvalue weighted by atomic mass is 9.95. The molecular formula is C15H23ClN2O. The maximum absolute atomic E-state index is 12.5. The van der Waals surface area contributed by atoms with Crippen LogP contribution in [0.1, 0.15) is 34.3 Å². The van der Waals surface area contributed by atoms with Gasteiger partial charge in [-0.15, -0.1) is 12.4 Å². The highest BCUT2D eigenvalue weighted by Gasteiger charge is 2.24. The molecule has 1 aromatic carbocycles. The summed E-state index contributed by atoms with van der Waals surface area (Å²) >= 11 is 0. The minimum atomic E-state index is 0. The summed E-state index contributed by atoms with van der Waals surface area (Å²) in [6, 6.07) is 6.02. The van der Waals surface area contributed by atoms with Gasteiger partial charge in [-0.05, 0) is 50.3 Å². The molecule has 106 valence electrons. The lowest BCUT2D eigenvalue weighted by Crippen LogP contribution is -2.40. The minimum Gasteiger partial charge on any atom is -0.339 e. The maximum atomic E-state index is 12.5. The van der Waals surface area contributed by atoms with Crippen LogP contribution < -0.4 is 5.73 Å². The average Bonchev–Trinajstić information content (AvgIpc) is 2.38. The van der Waals surface area contributed by atoms with Crippen molar-refractivity contribution in [3.63, 3.8) is 0 Å². The normalized spacial score (nSPS) is 16.1. The summed E-state index contributed by atoms with van der Waals surface area (Å²) in [5.41, 5.74) is 8.70. The Bertz CT molecular complexity index is 420. The Kier molecular flexibility index (Phi) is 5.83. The molecule has 1 aliphatic heterocycles. The quantitative estimate of drug-likeness (QED) is 0.906. The van der Waals surface area contributed by atoms with E-state index in [1.54, 1.807) is 0 Å². The van der Waals surface area contributed by atoms with Crippen molar-refractivity contribution < 1.29 is 4.79 Å². The monoisotopic (exact) mass is 282 g/mol. The first-order valence-corrected chi connectivity index (χ1v) is 6.69. The Morgan fingerprint density at radius 2 is 1.79 bits per heavy atom. The largest absolute Gasteiger partial charge is 0.339 e. The number of aryl methyl sites for hydroxylation is 2. The van der Waals surface area contributed by atoms with E-state index in [0.717, 1.165) is 49.2 Å². The average molecular weight is 283 g/mol. The van der Waals surface area contributed by atoms with Gasteiger partial charge < -0.3 is 10.6 Å². The molecule has 0 radical (unpaired) electrons. The molecule has 0 saturated carbocycles. The van der Waals surface area contributed by atoms with E-state index >= 15 is 0 Å². The van der Waals surface area contributed by atoms with E-state index < -0.39 is 0 Å². The number of rotatable bonds is 2. The molecule has 0 aromatic heterocycles. The van der Waals surface area contributed by atoms with Crippen molar-refractivity contribution in [3.8, 4) is 0 Å². The third kappa shape index (κ3) is 3.48. The molecule has 0 atom stereocenters. The summed E-state index contributed by atoms with van der Waals surface area (Å²) in [5.74, 6) is 0.771. The molecule has 0 bridgehead atoms. The number of hydrogen-bond acceptors (Lipinski definition) is 2. The molecule has 1 aromatic rings. The summed E-state index contributed by atoms with van der Waals surface area (Å²) in [6.45, 7) is 6.44. The van der Waals surface area contributed by atoms with Gasteiger partial charge in [0.15, 0.2) is 0 Å². The van der Waals surface area contributed by atoms with Crippen molar-refractivity contribution in [2.75, 3.05) is 19.6 Å². The molecule has 1 saturated heterocycles. The number of halogens is 1. The molecule has 1 fully saturated rings. The van der Waals surface area contributed by atoms with Crippen molar-refractivity contribution in [2.24, 2.45) is 11.7 Å². The van der Waals surface area contributed by atoms with E-state index in [2.05, 4.69) is 0 Å². The zero-order valence-electron chi connectivity index (χ0n) is 11.7. The molecule has 2 N–H and O–H groups in total. The highest BCUT2D eigenvalue weighted by atomic mass is 35.5. The predicted molar refractivity (Wildman–Crippen MR) is 80.8 cm³/mol. The maximum Gasteiger partial charge on any atom is 0.254 e. The van der Waals surface area contributed by atoms with Crippen LogP contribution in [0.15, 0.2) is 18.2 Å². The smallest absolute Gasteiger partial charge is 0.254 e. The number of nitrogens with two attached hydrogens (primary N) is 1. The van der Waals surface area contributed by atoms with Crippen LogP contribution in [0.2, 0.25) is 0 Å². The van der Waals surface area contributed by atoms with Crippen LogP contribution >= 0.6 is 12.4 Å². The first kappa shape index (κ1) is 16.0. The van der Waals surface area contributed by atoms with Crippen LogP contribution in [0.25, 0.3) is 0 Å². The van der Waals surface area contributed by atoms with E-state index in [1.165, 1.54) is 0 Å². The second-order valence-corrected chi connectivity index (χ2v) is 5.24. The number of hydrogen-bond donors (Lipinski definition) is 1. The van der Waals surface area contributed by atoms with Gasteiger partial charge in [-0.1, -0.05) is 18.2 Å². The van der Waals surface area contributed by atoms with Crippen LogP contribution in [-0.2, 0) is 0 Å². The van der Waals surface area contributed by atoms with Gasteiger partial charge >= 0.3 is 0 Å². The van der Waals surface area contributed by atoms with Gasteiger partial charge in [-0.3, -0.25) is 4.79 Å². The third-order valence-corrected chi connectivity index (χ3v) is 3.93. The van der Waals surface area contributed by atoms with E-state index in [-0.39, 0.29) is 18.3 Å². The number of carbonyl (C=O) groups is 1. The zero-order valence-corrected chi connectivity index (χ0v) is 12.5. The molecule has 1 aliphatic rings. The SMILES string of the molecule is Cc1cccc(C)c1C(=O)N1CCC(CN)CC1.Cl. The first-order valence-electron chi connectivity index (χ1n) is 6.69. The van der Waals surface area contributed by atoms with E-state index in [1.807, 2.05) is 36.9 Å². The topological polar surface area (TPSA) is 46.3 Å². The summed E-state index contributed by atoms with van der Waals surface area (Å²) in [6.07, 6.45) is 2.07. The van der Waals surface area contributed by atoms with Crippen molar-refractivity contribution >= 4 is 18.3 Å². The Morgan fingerprint density at radius 3 is 2.26 bits per heavy atom. The number of benzene rings is 1. The summed E-state index contributed by atoms with van der Waals surface area (Å²) < 4.78 is 0. The second kappa shape index (κ2) is 6.92. The minimum absolute atomic E-state index is 0. The summed E-state index contributed by atoms with van der Waals surface area (Å²) in [5, 5.41) is 0. The van der Waals surface area contributed by atoms with Gasteiger partial charge in [-0.2, -0.15) is 0 Å². The second-order valence-electron chi connectivity index (χ2n) is 5.24. The zero-order chi connectivity index (χ0) is 13.1. The first-order chi connectivity index (χ1) is 8.63. The summed E-state index contributed by atoms with van der Waals surface area (Å²) in [4.78, 5) is 14.5. The lowest BCUT2D eigenvalue weighted by Gasteiger charge is -2.32. The van der Waals surface area contributed by atoms with Gasteiger partial charge in [-0.25, -0.2) is 0 Å². The molecule has 0 spiro atoms. The van der Waals surface area contributed by atoms with Crippen LogP contribution in [0.5, 0.6) is 0 Å². The Morgan fingerprint density at radius 1 is 1.26 bits per heavy atom. The Labute approximate surface area is 121 Å². The molecule has 4 heteroatoms. The lowest BCUT2D eigenvalue weighted by molar-refractivity contribution is 0.0692. The van der Waals surface area contributed by atoms with Crippen molar-refractivity contribution in [1.82, 2.24) is 4.90 Å². The molecule has 2 rings (SSSR count). The van der Waals surface area contributed by atoms with Crippen LogP contribution in [0.4, 0.5) is 0 Å². The number of amides is 1. The van der Waals surface area contributed by atoms with Crippen molar-refractivity contribution in [1.29, 1.82) is 0 Å². The van der Waals surface area contributed by atoms with Crippen LogP contribution in [0, 0.1) is 19.8 Å². The Balaban J connectivity index is 0.00000180. The van der Waals surface area contributed by atoms with Gasteiger partial charge in [0, 0.05) is 18.7 Å². The molecule has 1 heterocycles.